The summed E-state index contributed by atoms with van der Waals surface area (Å²) in [7, 11) is 0. The van der Waals surface area contributed by atoms with Gasteiger partial charge < -0.3 is 5.73 Å². The SMILES string of the molecule is CC(C)(CN)CC(=O)c1ccc(Br)s1. The zero-order valence-corrected chi connectivity index (χ0v) is 10.7. The van der Waals surface area contributed by atoms with Gasteiger partial charge in [-0.25, -0.2) is 0 Å². The molecule has 1 aromatic rings. The Balaban J connectivity index is 2.68. The molecule has 1 rings (SSSR count). The molecule has 0 aliphatic carbocycles. The highest BCUT2D eigenvalue weighted by Gasteiger charge is 2.21. The molecule has 78 valence electrons. The molecule has 0 fully saturated rings. The van der Waals surface area contributed by atoms with E-state index in [1.807, 2.05) is 26.0 Å². The maximum absolute atomic E-state index is 11.8. The monoisotopic (exact) mass is 275 g/mol. The Hall–Kier alpha value is -0.190. The number of carbonyl (C=O) groups excluding carboxylic acids is 1. The molecular weight excluding hydrogens is 262 g/mol. The summed E-state index contributed by atoms with van der Waals surface area (Å²) in [6.07, 6.45) is 0.510. The zero-order valence-electron chi connectivity index (χ0n) is 8.34. The van der Waals surface area contributed by atoms with Crippen molar-refractivity contribution in [3.8, 4) is 0 Å². The van der Waals surface area contributed by atoms with Crippen LogP contribution in [0, 0.1) is 5.41 Å². The fraction of sp³-hybridized carbons (Fsp3) is 0.500. The van der Waals surface area contributed by atoms with Crippen LogP contribution in [0.25, 0.3) is 0 Å². The first-order chi connectivity index (χ1) is 6.44. The van der Waals surface area contributed by atoms with E-state index in [9.17, 15) is 4.79 Å². The lowest BCUT2D eigenvalue weighted by Gasteiger charge is -2.20. The average molecular weight is 276 g/mol. The van der Waals surface area contributed by atoms with E-state index >= 15 is 0 Å². The van der Waals surface area contributed by atoms with Gasteiger partial charge in [0.2, 0.25) is 0 Å². The summed E-state index contributed by atoms with van der Waals surface area (Å²) in [6.45, 7) is 4.55. The van der Waals surface area contributed by atoms with Gasteiger partial charge in [0, 0.05) is 6.42 Å². The molecule has 0 saturated carbocycles. The van der Waals surface area contributed by atoms with E-state index in [0.717, 1.165) is 8.66 Å². The van der Waals surface area contributed by atoms with Gasteiger partial charge in [-0.1, -0.05) is 13.8 Å². The molecule has 0 aliphatic heterocycles. The van der Waals surface area contributed by atoms with Crippen molar-refractivity contribution in [3.63, 3.8) is 0 Å². The van der Waals surface area contributed by atoms with Crippen LogP contribution in [0.15, 0.2) is 15.9 Å². The molecule has 1 aromatic heterocycles. The van der Waals surface area contributed by atoms with Crippen LogP contribution in [-0.4, -0.2) is 12.3 Å². The maximum atomic E-state index is 11.8. The summed E-state index contributed by atoms with van der Waals surface area (Å²) >= 11 is 4.81. The summed E-state index contributed by atoms with van der Waals surface area (Å²) in [6, 6.07) is 3.75. The summed E-state index contributed by atoms with van der Waals surface area (Å²) in [4.78, 5) is 12.6. The third-order valence-electron chi connectivity index (χ3n) is 2.04. The van der Waals surface area contributed by atoms with E-state index in [2.05, 4.69) is 15.9 Å². The van der Waals surface area contributed by atoms with Gasteiger partial charge in [0.1, 0.15) is 0 Å². The van der Waals surface area contributed by atoms with Crippen molar-refractivity contribution in [1.29, 1.82) is 0 Å². The van der Waals surface area contributed by atoms with Gasteiger partial charge in [-0.2, -0.15) is 0 Å². The van der Waals surface area contributed by atoms with Crippen molar-refractivity contribution >= 4 is 33.0 Å². The molecule has 0 atom stereocenters. The molecule has 0 aromatic carbocycles. The van der Waals surface area contributed by atoms with Crippen molar-refractivity contribution in [2.75, 3.05) is 6.54 Å². The number of hydrogen-bond acceptors (Lipinski definition) is 3. The van der Waals surface area contributed by atoms with Crippen molar-refractivity contribution in [1.82, 2.24) is 0 Å². The number of nitrogens with two attached hydrogens (primary N) is 1. The summed E-state index contributed by atoms with van der Waals surface area (Å²) < 4.78 is 0.992. The summed E-state index contributed by atoms with van der Waals surface area (Å²) in [5, 5.41) is 0. The van der Waals surface area contributed by atoms with E-state index in [1.165, 1.54) is 11.3 Å². The Labute approximate surface area is 96.6 Å². The van der Waals surface area contributed by atoms with E-state index in [0.29, 0.717) is 13.0 Å². The van der Waals surface area contributed by atoms with Crippen LogP contribution in [0.1, 0.15) is 29.9 Å². The van der Waals surface area contributed by atoms with Crippen LogP contribution < -0.4 is 5.73 Å². The minimum Gasteiger partial charge on any atom is -0.330 e. The first kappa shape index (κ1) is 11.9. The third kappa shape index (κ3) is 3.19. The zero-order chi connectivity index (χ0) is 10.8. The van der Waals surface area contributed by atoms with Crippen molar-refractivity contribution in [3.05, 3.63) is 20.8 Å². The van der Waals surface area contributed by atoms with Gasteiger partial charge >= 0.3 is 0 Å². The van der Waals surface area contributed by atoms with Crippen molar-refractivity contribution < 1.29 is 4.79 Å². The predicted octanol–water partition coefficient (Wildman–Crippen LogP) is 3.07. The minimum absolute atomic E-state index is 0.104. The highest BCUT2D eigenvalue weighted by atomic mass is 79.9. The number of halogens is 1. The highest BCUT2D eigenvalue weighted by molar-refractivity contribution is 9.11. The molecule has 0 radical (unpaired) electrons. The second kappa shape index (κ2) is 4.55. The molecule has 14 heavy (non-hydrogen) atoms. The quantitative estimate of drug-likeness (QED) is 0.859. The Morgan fingerprint density at radius 3 is 2.64 bits per heavy atom. The largest absolute Gasteiger partial charge is 0.330 e. The number of ketones is 1. The lowest BCUT2D eigenvalue weighted by atomic mass is 9.87. The lowest BCUT2D eigenvalue weighted by Crippen LogP contribution is -2.26. The maximum Gasteiger partial charge on any atom is 0.173 e. The number of hydrogen-bond donors (Lipinski definition) is 1. The van der Waals surface area contributed by atoms with Crippen LogP contribution in [0.2, 0.25) is 0 Å². The molecule has 1 heterocycles. The Morgan fingerprint density at radius 2 is 2.21 bits per heavy atom. The number of rotatable bonds is 4. The Kier molecular flexibility index (Phi) is 3.86. The Morgan fingerprint density at radius 1 is 1.57 bits per heavy atom. The van der Waals surface area contributed by atoms with E-state index in [1.54, 1.807) is 0 Å². The molecule has 0 saturated heterocycles. The molecule has 0 bridgehead atoms. The number of thiophene rings is 1. The molecule has 2 nitrogen and oxygen atoms in total. The first-order valence-corrected chi connectivity index (χ1v) is 6.04. The summed E-state index contributed by atoms with van der Waals surface area (Å²) in [5.41, 5.74) is 5.48. The van der Waals surface area contributed by atoms with Crippen LogP contribution in [0.4, 0.5) is 0 Å². The van der Waals surface area contributed by atoms with Crippen LogP contribution in [0.3, 0.4) is 0 Å². The molecular formula is C10H14BrNOS. The molecule has 2 N–H and O–H groups in total. The van der Waals surface area contributed by atoms with Crippen molar-refractivity contribution in [2.24, 2.45) is 11.1 Å². The van der Waals surface area contributed by atoms with Gasteiger partial charge in [-0.05, 0) is 40.0 Å². The third-order valence-corrected chi connectivity index (χ3v) is 3.70. The molecule has 0 aliphatic rings. The van der Waals surface area contributed by atoms with E-state index in [4.69, 9.17) is 5.73 Å². The molecule has 0 amide bonds. The number of carbonyl (C=O) groups is 1. The average Bonchev–Trinajstić information content (AvgIpc) is 2.51. The van der Waals surface area contributed by atoms with E-state index < -0.39 is 0 Å². The lowest BCUT2D eigenvalue weighted by molar-refractivity contribution is 0.0939. The minimum atomic E-state index is -0.104. The second-order valence-corrected chi connectivity index (χ2v) is 6.54. The fourth-order valence-electron chi connectivity index (χ4n) is 1.06. The standard InChI is InChI=1S/C10H14BrNOS/c1-10(2,6-12)5-7(13)8-3-4-9(11)14-8/h3-4H,5-6,12H2,1-2H3. The topological polar surface area (TPSA) is 43.1 Å². The highest BCUT2D eigenvalue weighted by Crippen LogP contribution is 2.27. The first-order valence-electron chi connectivity index (χ1n) is 4.43. The molecule has 0 spiro atoms. The van der Waals surface area contributed by atoms with Crippen LogP contribution in [-0.2, 0) is 0 Å². The van der Waals surface area contributed by atoms with Gasteiger partial charge in [0.15, 0.2) is 5.78 Å². The Bertz CT molecular complexity index is 333. The van der Waals surface area contributed by atoms with Crippen molar-refractivity contribution in [2.45, 2.75) is 20.3 Å². The number of Topliss-reactive ketones (excluding diaryl/α,β-unsaturated/α-hetero) is 1. The fourth-order valence-corrected chi connectivity index (χ4v) is 2.38. The predicted molar refractivity (Wildman–Crippen MR) is 63.8 cm³/mol. The normalized spacial score (nSPS) is 11.7. The van der Waals surface area contributed by atoms with Gasteiger partial charge in [0.05, 0.1) is 8.66 Å². The van der Waals surface area contributed by atoms with Gasteiger partial charge in [0.25, 0.3) is 0 Å². The smallest absolute Gasteiger partial charge is 0.173 e. The van der Waals surface area contributed by atoms with Gasteiger partial charge in [-0.15, -0.1) is 11.3 Å². The molecule has 0 unspecified atom stereocenters. The second-order valence-electron chi connectivity index (χ2n) is 4.07. The molecule has 4 heteroatoms. The van der Waals surface area contributed by atoms with Crippen LogP contribution >= 0.6 is 27.3 Å². The van der Waals surface area contributed by atoms with E-state index in [-0.39, 0.29) is 11.2 Å². The summed E-state index contributed by atoms with van der Waals surface area (Å²) in [5.74, 6) is 0.177. The van der Waals surface area contributed by atoms with Gasteiger partial charge in [-0.3, -0.25) is 4.79 Å². The van der Waals surface area contributed by atoms with Crippen LogP contribution in [0.5, 0.6) is 0 Å².